The highest BCUT2D eigenvalue weighted by Crippen LogP contribution is 2.14. The van der Waals surface area contributed by atoms with Crippen molar-refractivity contribution in [2.75, 3.05) is 31.3 Å². The van der Waals surface area contributed by atoms with Crippen LogP contribution in [0.25, 0.3) is 0 Å². The molecule has 0 aromatic heterocycles. The molecule has 88 valence electrons. The van der Waals surface area contributed by atoms with E-state index >= 15 is 0 Å². The SMILES string of the molecule is CSCCN(C)C(=O)c1ccc(C)c(N)c1. The lowest BCUT2D eigenvalue weighted by atomic mass is 10.1. The second-order valence-electron chi connectivity index (χ2n) is 3.79. The van der Waals surface area contributed by atoms with Crippen molar-refractivity contribution in [1.29, 1.82) is 0 Å². The van der Waals surface area contributed by atoms with Gasteiger partial charge in [0.15, 0.2) is 0 Å². The molecular weight excluding hydrogens is 220 g/mol. The third kappa shape index (κ3) is 3.17. The molecule has 0 atom stereocenters. The van der Waals surface area contributed by atoms with Gasteiger partial charge in [0.2, 0.25) is 0 Å². The van der Waals surface area contributed by atoms with E-state index in [1.54, 1.807) is 22.7 Å². The van der Waals surface area contributed by atoms with Crippen LogP contribution < -0.4 is 5.73 Å². The van der Waals surface area contributed by atoms with Crippen LogP contribution in [0.2, 0.25) is 0 Å². The van der Waals surface area contributed by atoms with Crippen LogP contribution in [-0.2, 0) is 0 Å². The number of hydrogen-bond acceptors (Lipinski definition) is 3. The molecule has 0 unspecified atom stereocenters. The third-order valence-electron chi connectivity index (χ3n) is 2.50. The Hall–Kier alpha value is -1.16. The van der Waals surface area contributed by atoms with Crippen molar-refractivity contribution in [1.82, 2.24) is 4.90 Å². The van der Waals surface area contributed by atoms with Crippen molar-refractivity contribution >= 4 is 23.4 Å². The zero-order valence-corrected chi connectivity index (χ0v) is 10.8. The topological polar surface area (TPSA) is 46.3 Å². The molecule has 0 saturated heterocycles. The maximum absolute atomic E-state index is 12.0. The highest BCUT2D eigenvalue weighted by atomic mass is 32.2. The van der Waals surface area contributed by atoms with Gasteiger partial charge in [-0.3, -0.25) is 4.79 Å². The van der Waals surface area contributed by atoms with Gasteiger partial charge in [0.05, 0.1) is 0 Å². The Morgan fingerprint density at radius 3 is 2.75 bits per heavy atom. The van der Waals surface area contributed by atoms with Gasteiger partial charge in [-0.1, -0.05) is 6.07 Å². The standard InChI is InChI=1S/C12H18N2OS/c1-9-4-5-10(8-11(9)13)12(15)14(2)6-7-16-3/h4-5,8H,6-7,13H2,1-3H3. The fourth-order valence-corrected chi connectivity index (χ4v) is 1.78. The summed E-state index contributed by atoms with van der Waals surface area (Å²) >= 11 is 1.73. The highest BCUT2D eigenvalue weighted by molar-refractivity contribution is 7.98. The number of nitrogen functional groups attached to an aromatic ring is 1. The molecule has 0 aliphatic heterocycles. The Morgan fingerprint density at radius 1 is 1.50 bits per heavy atom. The van der Waals surface area contributed by atoms with Crippen molar-refractivity contribution in [3.05, 3.63) is 29.3 Å². The lowest BCUT2D eigenvalue weighted by Gasteiger charge is -2.17. The first-order valence-corrected chi connectivity index (χ1v) is 6.56. The van der Waals surface area contributed by atoms with Crippen LogP contribution in [-0.4, -0.2) is 36.4 Å². The Kier molecular flexibility index (Phi) is 4.68. The average Bonchev–Trinajstić information content (AvgIpc) is 2.28. The van der Waals surface area contributed by atoms with E-state index in [-0.39, 0.29) is 5.91 Å². The predicted octanol–water partition coefficient (Wildman–Crippen LogP) is 2.01. The number of amides is 1. The lowest BCUT2D eigenvalue weighted by molar-refractivity contribution is 0.0804. The molecule has 0 saturated carbocycles. The summed E-state index contributed by atoms with van der Waals surface area (Å²) in [6.07, 6.45) is 2.03. The number of nitrogens with zero attached hydrogens (tertiary/aromatic N) is 1. The molecule has 2 N–H and O–H groups in total. The molecule has 3 nitrogen and oxygen atoms in total. The largest absolute Gasteiger partial charge is 0.398 e. The maximum Gasteiger partial charge on any atom is 0.253 e. The number of thioether (sulfide) groups is 1. The summed E-state index contributed by atoms with van der Waals surface area (Å²) in [6.45, 7) is 2.69. The van der Waals surface area contributed by atoms with Crippen LogP contribution in [0.3, 0.4) is 0 Å². The molecule has 1 aromatic carbocycles. The van der Waals surface area contributed by atoms with Gasteiger partial charge in [0.1, 0.15) is 0 Å². The molecule has 1 aromatic rings. The molecule has 0 bridgehead atoms. The summed E-state index contributed by atoms with van der Waals surface area (Å²) in [5, 5.41) is 0. The Balaban J connectivity index is 2.76. The Labute approximate surface area is 101 Å². The van der Waals surface area contributed by atoms with Gasteiger partial charge in [-0.05, 0) is 30.9 Å². The molecular formula is C12H18N2OS. The van der Waals surface area contributed by atoms with Crippen molar-refractivity contribution in [3.63, 3.8) is 0 Å². The van der Waals surface area contributed by atoms with Gasteiger partial charge >= 0.3 is 0 Å². The molecule has 0 fully saturated rings. The fraction of sp³-hybridized carbons (Fsp3) is 0.417. The van der Waals surface area contributed by atoms with Gasteiger partial charge in [0, 0.05) is 30.6 Å². The van der Waals surface area contributed by atoms with Gasteiger partial charge in [0.25, 0.3) is 5.91 Å². The number of nitrogens with two attached hydrogens (primary N) is 1. The molecule has 0 heterocycles. The number of hydrogen-bond donors (Lipinski definition) is 1. The minimum absolute atomic E-state index is 0.0285. The van der Waals surface area contributed by atoms with E-state index in [1.165, 1.54) is 0 Å². The average molecular weight is 238 g/mol. The molecule has 1 rings (SSSR count). The maximum atomic E-state index is 12.0. The van der Waals surface area contributed by atoms with Crippen LogP contribution in [0, 0.1) is 6.92 Å². The molecule has 0 radical (unpaired) electrons. The van der Waals surface area contributed by atoms with E-state index in [0.717, 1.165) is 17.9 Å². The second kappa shape index (κ2) is 5.80. The second-order valence-corrected chi connectivity index (χ2v) is 4.78. The minimum atomic E-state index is 0.0285. The normalized spacial score (nSPS) is 10.2. The minimum Gasteiger partial charge on any atom is -0.398 e. The van der Waals surface area contributed by atoms with Crippen molar-refractivity contribution < 1.29 is 4.79 Å². The summed E-state index contributed by atoms with van der Waals surface area (Å²) in [5.74, 6) is 0.976. The molecule has 4 heteroatoms. The van der Waals surface area contributed by atoms with Crippen molar-refractivity contribution in [2.24, 2.45) is 0 Å². The van der Waals surface area contributed by atoms with E-state index in [0.29, 0.717) is 11.3 Å². The molecule has 16 heavy (non-hydrogen) atoms. The number of carbonyl (C=O) groups is 1. The Bertz CT molecular complexity index is 379. The van der Waals surface area contributed by atoms with E-state index in [1.807, 2.05) is 32.4 Å². The quantitative estimate of drug-likeness (QED) is 0.816. The first kappa shape index (κ1) is 12.9. The third-order valence-corrected chi connectivity index (χ3v) is 3.09. The number of rotatable bonds is 4. The first-order chi connectivity index (χ1) is 7.56. The number of anilines is 1. The van der Waals surface area contributed by atoms with Gasteiger partial charge < -0.3 is 10.6 Å². The predicted molar refractivity (Wildman–Crippen MR) is 70.9 cm³/mol. The summed E-state index contributed by atoms with van der Waals surface area (Å²) in [4.78, 5) is 13.7. The van der Waals surface area contributed by atoms with E-state index < -0.39 is 0 Å². The zero-order valence-electron chi connectivity index (χ0n) is 9.99. The van der Waals surface area contributed by atoms with Gasteiger partial charge in [-0.15, -0.1) is 0 Å². The van der Waals surface area contributed by atoms with Crippen molar-refractivity contribution in [2.45, 2.75) is 6.92 Å². The molecule has 0 aliphatic carbocycles. The zero-order chi connectivity index (χ0) is 12.1. The van der Waals surface area contributed by atoms with Crippen LogP contribution in [0.15, 0.2) is 18.2 Å². The Morgan fingerprint density at radius 2 is 2.19 bits per heavy atom. The van der Waals surface area contributed by atoms with Crippen LogP contribution in [0.1, 0.15) is 15.9 Å². The summed E-state index contributed by atoms with van der Waals surface area (Å²) < 4.78 is 0. The van der Waals surface area contributed by atoms with Crippen LogP contribution in [0.5, 0.6) is 0 Å². The fourth-order valence-electron chi connectivity index (χ4n) is 1.32. The van der Waals surface area contributed by atoms with E-state index in [4.69, 9.17) is 5.73 Å². The number of aryl methyl sites for hydroxylation is 1. The molecule has 1 amide bonds. The van der Waals surface area contributed by atoms with E-state index in [2.05, 4.69) is 0 Å². The number of benzene rings is 1. The molecule has 0 aliphatic rings. The summed E-state index contributed by atoms with van der Waals surface area (Å²) in [5.41, 5.74) is 8.12. The smallest absolute Gasteiger partial charge is 0.253 e. The van der Waals surface area contributed by atoms with Crippen molar-refractivity contribution in [3.8, 4) is 0 Å². The summed E-state index contributed by atoms with van der Waals surface area (Å²) in [6, 6.07) is 5.45. The highest BCUT2D eigenvalue weighted by Gasteiger charge is 2.11. The van der Waals surface area contributed by atoms with E-state index in [9.17, 15) is 4.79 Å². The van der Waals surface area contributed by atoms with Crippen LogP contribution >= 0.6 is 11.8 Å². The first-order valence-electron chi connectivity index (χ1n) is 5.16. The monoisotopic (exact) mass is 238 g/mol. The van der Waals surface area contributed by atoms with Crippen LogP contribution in [0.4, 0.5) is 5.69 Å². The lowest BCUT2D eigenvalue weighted by Crippen LogP contribution is -2.28. The summed E-state index contributed by atoms with van der Waals surface area (Å²) in [7, 11) is 1.81. The van der Waals surface area contributed by atoms with Gasteiger partial charge in [-0.2, -0.15) is 11.8 Å². The number of carbonyl (C=O) groups excluding carboxylic acids is 1. The molecule has 0 spiro atoms. The van der Waals surface area contributed by atoms with Gasteiger partial charge in [-0.25, -0.2) is 0 Å².